The quantitative estimate of drug-likeness (QED) is 0.368. The van der Waals surface area contributed by atoms with Gasteiger partial charge in [0, 0.05) is 12.6 Å². The zero-order valence-corrected chi connectivity index (χ0v) is 11.4. The van der Waals surface area contributed by atoms with Gasteiger partial charge in [-0.1, -0.05) is 0 Å². The van der Waals surface area contributed by atoms with E-state index in [1.54, 1.807) is 0 Å². The number of Topliss-reactive ketones (excluding diaryl/α,β-unsaturated/α-hetero) is 1. The van der Waals surface area contributed by atoms with E-state index < -0.39 is 34.6 Å². The van der Waals surface area contributed by atoms with Crippen molar-refractivity contribution in [3.8, 4) is 0 Å². The fourth-order valence-electron chi connectivity index (χ4n) is 2.17. The minimum Gasteiger partial charge on any atom is -0.301 e. The molecule has 1 aromatic rings. The number of ketones is 1. The molecule has 0 bridgehead atoms. The molecule has 2 amide bonds. The molecule has 1 aliphatic heterocycles. The van der Waals surface area contributed by atoms with Crippen LogP contribution >= 0.6 is 0 Å². The predicted molar refractivity (Wildman–Crippen MR) is 69.2 cm³/mol. The molecule has 0 radical (unpaired) electrons. The van der Waals surface area contributed by atoms with Gasteiger partial charge in [-0.15, -0.1) is 0 Å². The maximum absolute atomic E-state index is 13.9. The van der Waals surface area contributed by atoms with Gasteiger partial charge in [-0.05, 0) is 19.9 Å². The number of carbonyl (C=O) groups is 3. The minimum atomic E-state index is -1.16. The van der Waals surface area contributed by atoms with E-state index in [9.17, 15) is 23.2 Å². The number of nitrogens with two attached hydrogens (primary N) is 1. The normalized spacial score (nSPS) is 14.4. The van der Waals surface area contributed by atoms with Crippen LogP contribution in [0.2, 0.25) is 0 Å². The van der Waals surface area contributed by atoms with E-state index in [4.69, 9.17) is 5.84 Å². The highest BCUT2D eigenvalue weighted by Crippen LogP contribution is 2.34. The van der Waals surface area contributed by atoms with E-state index in [0.717, 1.165) is 11.0 Å². The fourth-order valence-corrected chi connectivity index (χ4v) is 2.17. The van der Waals surface area contributed by atoms with E-state index in [1.165, 1.54) is 13.8 Å². The Morgan fingerprint density at radius 1 is 1.33 bits per heavy atom. The van der Waals surface area contributed by atoms with Gasteiger partial charge >= 0.3 is 0 Å². The van der Waals surface area contributed by atoms with Crippen LogP contribution in [0.3, 0.4) is 0 Å². The van der Waals surface area contributed by atoms with Gasteiger partial charge in [0.15, 0.2) is 5.82 Å². The number of carbonyl (C=O) groups excluding carboxylic acids is 3. The lowest BCUT2D eigenvalue weighted by Crippen LogP contribution is -2.48. The molecule has 1 aromatic carbocycles. The highest BCUT2D eigenvalue weighted by atomic mass is 19.1. The largest absolute Gasteiger partial charge is 0.301 e. The Bertz CT molecular complexity index is 658. The zero-order valence-electron chi connectivity index (χ0n) is 11.4. The second kappa shape index (κ2) is 4.88. The van der Waals surface area contributed by atoms with Crippen molar-refractivity contribution in [2.24, 2.45) is 11.3 Å². The molecule has 0 unspecified atom stereocenters. The summed E-state index contributed by atoms with van der Waals surface area (Å²) in [5.41, 5.74) is 0.116. The number of nitrogens with one attached hydrogen (secondary N) is 1. The first-order valence-corrected chi connectivity index (χ1v) is 6.05. The van der Waals surface area contributed by atoms with E-state index >= 15 is 0 Å². The lowest BCUT2D eigenvalue weighted by Gasteiger charge is -2.28. The highest BCUT2D eigenvalue weighted by molar-refractivity contribution is 6.52. The number of hydrazine groups is 1. The number of hydrogen-bond donors (Lipinski definition) is 2. The van der Waals surface area contributed by atoms with Gasteiger partial charge in [-0.3, -0.25) is 19.8 Å². The molecule has 3 N–H and O–H groups in total. The van der Waals surface area contributed by atoms with Crippen LogP contribution in [0.4, 0.5) is 14.5 Å². The van der Waals surface area contributed by atoms with Crippen molar-refractivity contribution in [2.45, 2.75) is 13.8 Å². The van der Waals surface area contributed by atoms with Gasteiger partial charge in [0.2, 0.25) is 5.91 Å². The molecule has 0 aliphatic carbocycles. The first-order valence-electron chi connectivity index (χ1n) is 6.05. The summed E-state index contributed by atoms with van der Waals surface area (Å²) in [5.74, 6) is 0.462. The number of hydrogen-bond acceptors (Lipinski definition) is 4. The molecule has 0 saturated carbocycles. The lowest BCUT2D eigenvalue weighted by molar-refractivity contribution is -0.129. The number of nitrogens with zero attached hydrogens (tertiary/aromatic N) is 1. The molecule has 21 heavy (non-hydrogen) atoms. The van der Waals surface area contributed by atoms with Gasteiger partial charge in [-0.2, -0.15) is 0 Å². The van der Waals surface area contributed by atoms with Crippen molar-refractivity contribution in [2.75, 3.05) is 11.4 Å². The van der Waals surface area contributed by atoms with Crippen molar-refractivity contribution in [3.63, 3.8) is 0 Å². The molecule has 112 valence electrons. The maximum atomic E-state index is 13.9. The molecule has 6 nitrogen and oxygen atoms in total. The number of amides is 2. The average Bonchev–Trinajstić information content (AvgIpc) is 2.63. The molecule has 1 heterocycles. The van der Waals surface area contributed by atoms with Crippen LogP contribution in [-0.4, -0.2) is 24.1 Å². The van der Waals surface area contributed by atoms with E-state index in [1.807, 2.05) is 5.43 Å². The Morgan fingerprint density at radius 2 is 1.95 bits per heavy atom. The zero-order chi connectivity index (χ0) is 15.9. The summed E-state index contributed by atoms with van der Waals surface area (Å²) in [6.45, 7) is 2.69. The van der Waals surface area contributed by atoms with Crippen LogP contribution in [0.15, 0.2) is 12.1 Å². The third-order valence-electron chi connectivity index (χ3n) is 3.28. The Balaban J connectivity index is 2.47. The average molecular weight is 297 g/mol. The first-order chi connectivity index (χ1) is 9.69. The van der Waals surface area contributed by atoms with E-state index in [0.29, 0.717) is 6.07 Å². The molecule has 0 spiro atoms. The monoisotopic (exact) mass is 297 g/mol. The van der Waals surface area contributed by atoms with Crippen molar-refractivity contribution in [1.82, 2.24) is 5.43 Å². The molecule has 1 aliphatic rings. The summed E-state index contributed by atoms with van der Waals surface area (Å²) in [4.78, 5) is 36.2. The Morgan fingerprint density at radius 3 is 2.52 bits per heavy atom. The number of benzene rings is 1. The van der Waals surface area contributed by atoms with Crippen LogP contribution in [0, 0.1) is 17.0 Å². The molecular formula is C13H13F2N3O3. The van der Waals surface area contributed by atoms with Crippen LogP contribution in [0.25, 0.3) is 0 Å². The van der Waals surface area contributed by atoms with Gasteiger partial charge < -0.3 is 4.90 Å². The number of fused-ring (bicyclic) bond motifs is 1. The summed E-state index contributed by atoms with van der Waals surface area (Å²) in [7, 11) is 0. The fraction of sp³-hybridized carbons (Fsp3) is 0.308. The van der Waals surface area contributed by atoms with Crippen molar-refractivity contribution >= 4 is 23.3 Å². The predicted octanol–water partition coefficient (Wildman–Crippen LogP) is 0.510. The van der Waals surface area contributed by atoms with Gasteiger partial charge in [0.1, 0.15) is 5.82 Å². The third kappa shape index (κ3) is 2.38. The van der Waals surface area contributed by atoms with Crippen molar-refractivity contribution < 1.29 is 23.2 Å². The van der Waals surface area contributed by atoms with Crippen LogP contribution in [0.5, 0.6) is 0 Å². The molecule has 8 heteroatoms. The van der Waals surface area contributed by atoms with Gasteiger partial charge in [0.25, 0.3) is 11.7 Å². The van der Waals surface area contributed by atoms with Gasteiger partial charge in [-0.25, -0.2) is 14.6 Å². The highest BCUT2D eigenvalue weighted by Gasteiger charge is 2.42. The Kier molecular flexibility index (Phi) is 3.50. The number of anilines is 1. The first kappa shape index (κ1) is 15.0. The summed E-state index contributed by atoms with van der Waals surface area (Å²) in [6, 6.07) is 1.38. The summed E-state index contributed by atoms with van der Waals surface area (Å²) < 4.78 is 27.1. The van der Waals surface area contributed by atoms with Crippen LogP contribution in [0.1, 0.15) is 24.2 Å². The molecule has 0 saturated heterocycles. The van der Waals surface area contributed by atoms with Crippen molar-refractivity contribution in [3.05, 3.63) is 29.3 Å². The topological polar surface area (TPSA) is 92.5 Å². The van der Waals surface area contributed by atoms with E-state index in [-0.39, 0.29) is 17.8 Å². The molecular weight excluding hydrogens is 284 g/mol. The SMILES string of the molecule is CC(C)(CN1C(=O)C(=O)c2cc(F)cc(F)c21)C(=O)NN. The Labute approximate surface area is 118 Å². The third-order valence-corrected chi connectivity index (χ3v) is 3.28. The lowest BCUT2D eigenvalue weighted by atomic mass is 9.91. The number of rotatable bonds is 3. The van der Waals surface area contributed by atoms with Crippen LogP contribution < -0.4 is 16.2 Å². The summed E-state index contributed by atoms with van der Waals surface area (Å²) >= 11 is 0. The molecule has 0 atom stereocenters. The van der Waals surface area contributed by atoms with Crippen molar-refractivity contribution in [1.29, 1.82) is 0 Å². The standard InChI is InChI=1S/C13H13F2N3O3/c1-13(2,12(21)17-16)5-18-9-7(10(19)11(18)20)3-6(14)4-8(9)15/h3-4H,5,16H2,1-2H3,(H,17,21). The maximum Gasteiger partial charge on any atom is 0.299 e. The second-order valence-electron chi connectivity index (χ2n) is 5.36. The van der Waals surface area contributed by atoms with Gasteiger partial charge in [0.05, 0.1) is 16.7 Å². The smallest absolute Gasteiger partial charge is 0.299 e. The number of halogens is 2. The summed E-state index contributed by atoms with van der Waals surface area (Å²) in [6.07, 6.45) is 0. The molecule has 0 fully saturated rings. The van der Waals surface area contributed by atoms with E-state index in [2.05, 4.69) is 0 Å². The molecule has 2 rings (SSSR count). The molecule has 0 aromatic heterocycles. The Hall–Kier alpha value is -2.35. The summed E-state index contributed by atoms with van der Waals surface area (Å²) in [5, 5.41) is 0. The second-order valence-corrected chi connectivity index (χ2v) is 5.36. The van der Waals surface area contributed by atoms with Crippen LogP contribution in [-0.2, 0) is 9.59 Å². The minimum absolute atomic E-state index is 0.268.